The van der Waals surface area contributed by atoms with E-state index < -0.39 is 0 Å². The summed E-state index contributed by atoms with van der Waals surface area (Å²) in [5, 5.41) is 17.3. The van der Waals surface area contributed by atoms with Crippen molar-refractivity contribution in [2.45, 2.75) is 18.9 Å². The van der Waals surface area contributed by atoms with E-state index in [2.05, 4.69) is 12.1 Å². The van der Waals surface area contributed by atoms with Gasteiger partial charge in [-0.05, 0) is 19.0 Å². The Hall–Kier alpha value is -1.32. The fourth-order valence-corrected chi connectivity index (χ4v) is 1.42. The zero-order chi connectivity index (χ0) is 8.97. The Morgan fingerprint density at radius 3 is 3.00 bits per heavy atom. The van der Waals surface area contributed by atoms with Crippen LogP contribution < -0.4 is 0 Å². The summed E-state index contributed by atoms with van der Waals surface area (Å²) in [5.41, 5.74) is 0.953. The lowest BCUT2D eigenvalue weighted by atomic mass is 9.99. The summed E-state index contributed by atoms with van der Waals surface area (Å²) in [4.78, 5) is 1.98. The normalized spacial score (nSPS) is 23.9. The quantitative estimate of drug-likeness (QED) is 0.540. The molecule has 0 radical (unpaired) electrons. The molecule has 0 aliphatic carbocycles. The van der Waals surface area contributed by atoms with E-state index in [-0.39, 0.29) is 6.04 Å². The summed E-state index contributed by atoms with van der Waals surface area (Å²) in [7, 11) is 1.91. The maximum atomic E-state index is 8.82. The number of likely N-dealkylation sites (N-methyl/N-ethyl adjacent to an activating group) is 1. The van der Waals surface area contributed by atoms with Crippen molar-refractivity contribution < 1.29 is 0 Å². The summed E-state index contributed by atoms with van der Waals surface area (Å²) < 4.78 is 0. The van der Waals surface area contributed by atoms with Crippen molar-refractivity contribution in [2.75, 3.05) is 13.6 Å². The monoisotopic (exact) mass is 161 g/mol. The molecule has 12 heavy (non-hydrogen) atoms. The molecule has 0 aromatic heterocycles. The van der Waals surface area contributed by atoms with Crippen LogP contribution in [0, 0.1) is 22.7 Å². The number of hydrogen-bond acceptors (Lipinski definition) is 3. The van der Waals surface area contributed by atoms with Crippen molar-refractivity contribution in [3.8, 4) is 12.1 Å². The fraction of sp³-hybridized carbons (Fsp3) is 0.556. The number of nitriles is 2. The molecule has 0 saturated heterocycles. The fourth-order valence-electron chi connectivity index (χ4n) is 1.42. The summed E-state index contributed by atoms with van der Waals surface area (Å²) >= 11 is 0. The molecule has 0 aromatic rings. The lowest BCUT2D eigenvalue weighted by molar-refractivity contribution is 0.303. The molecule has 0 saturated carbocycles. The number of hydrogen-bond donors (Lipinski definition) is 0. The minimum Gasteiger partial charge on any atom is -0.287 e. The van der Waals surface area contributed by atoms with E-state index >= 15 is 0 Å². The third-order valence-electron chi connectivity index (χ3n) is 2.09. The number of nitrogens with zero attached hydrogens (tertiary/aromatic N) is 3. The average Bonchev–Trinajstić information content (AvgIpc) is 2.05. The smallest absolute Gasteiger partial charge is 0.120 e. The molecular weight excluding hydrogens is 150 g/mol. The molecule has 0 fully saturated rings. The molecular formula is C9H11N3. The summed E-state index contributed by atoms with van der Waals surface area (Å²) in [6.07, 6.45) is 3.34. The van der Waals surface area contributed by atoms with E-state index in [1.165, 1.54) is 0 Å². The highest BCUT2D eigenvalue weighted by molar-refractivity contribution is 5.24. The third-order valence-corrected chi connectivity index (χ3v) is 2.09. The Balaban J connectivity index is 2.77. The molecule has 0 amide bonds. The van der Waals surface area contributed by atoms with E-state index in [0.717, 1.165) is 18.5 Å². The van der Waals surface area contributed by atoms with Crippen LogP contribution in [0.1, 0.15) is 12.8 Å². The molecule has 1 aliphatic rings. The molecule has 1 heterocycles. The van der Waals surface area contributed by atoms with Gasteiger partial charge in [-0.3, -0.25) is 4.90 Å². The van der Waals surface area contributed by atoms with Gasteiger partial charge in [-0.15, -0.1) is 0 Å². The van der Waals surface area contributed by atoms with Gasteiger partial charge in [-0.1, -0.05) is 6.08 Å². The topological polar surface area (TPSA) is 50.8 Å². The third kappa shape index (κ3) is 1.64. The van der Waals surface area contributed by atoms with Crippen LogP contribution >= 0.6 is 0 Å². The predicted molar refractivity (Wildman–Crippen MR) is 45.0 cm³/mol. The molecule has 1 rings (SSSR count). The van der Waals surface area contributed by atoms with E-state index in [0.29, 0.717) is 6.42 Å². The maximum absolute atomic E-state index is 8.82. The molecule has 0 N–H and O–H groups in total. The zero-order valence-corrected chi connectivity index (χ0v) is 7.12. The van der Waals surface area contributed by atoms with Crippen LogP contribution in [-0.2, 0) is 0 Å². The van der Waals surface area contributed by atoms with Crippen molar-refractivity contribution in [1.82, 2.24) is 4.90 Å². The molecule has 0 bridgehead atoms. The highest BCUT2D eigenvalue weighted by atomic mass is 15.1. The molecule has 1 unspecified atom stereocenters. The van der Waals surface area contributed by atoms with Gasteiger partial charge in [-0.25, -0.2) is 0 Å². The van der Waals surface area contributed by atoms with Gasteiger partial charge in [0.15, 0.2) is 0 Å². The second kappa shape index (κ2) is 3.90. The van der Waals surface area contributed by atoms with E-state index in [9.17, 15) is 0 Å². The highest BCUT2D eigenvalue weighted by Gasteiger charge is 2.21. The second-order valence-electron chi connectivity index (χ2n) is 2.91. The molecule has 3 nitrogen and oxygen atoms in total. The van der Waals surface area contributed by atoms with Gasteiger partial charge in [-0.2, -0.15) is 10.5 Å². The Morgan fingerprint density at radius 1 is 1.67 bits per heavy atom. The van der Waals surface area contributed by atoms with Gasteiger partial charge >= 0.3 is 0 Å². The first-order valence-electron chi connectivity index (χ1n) is 3.95. The van der Waals surface area contributed by atoms with Gasteiger partial charge in [0.05, 0.1) is 18.6 Å². The Bertz CT molecular complexity index is 266. The van der Waals surface area contributed by atoms with Crippen molar-refractivity contribution in [2.24, 2.45) is 0 Å². The number of rotatable bonds is 1. The molecule has 0 aromatic carbocycles. The van der Waals surface area contributed by atoms with Crippen LogP contribution in [0.3, 0.4) is 0 Å². The van der Waals surface area contributed by atoms with Crippen LogP contribution in [0.4, 0.5) is 0 Å². The summed E-state index contributed by atoms with van der Waals surface area (Å²) in [6.45, 7) is 0.910. The highest BCUT2D eigenvalue weighted by Crippen LogP contribution is 2.18. The van der Waals surface area contributed by atoms with Crippen LogP contribution in [-0.4, -0.2) is 24.5 Å². The van der Waals surface area contributed by atoms with Gasteiger partial charge in [0.2, 0.25) is 0 Å². The lowest BCUT2D eigenvalue weighted by Gasteiger charge is -2.27. The molecule has 1 atom stereocenters. The van der Waals surface area contributed by atoms with Crippen molar-refractivity contribution in [3.05, 3.63) is 11.6 Å². The molecule has 1 aliphatic heterocycles. The largest absolute Gasteiger partial charge is 0.287 e. The molecule has 62 valence electrons. The Kier molecular flexibility index (Phi) is 2.85. The zero-order valence-electron chi connectivity index (χ0n) is 7.12. The Morgan fingerprint density at radius 2 is 2.42 bits per heavy atom. The first-order valence-corrected chi connectivity index (χ1v) is 3.95. The minimum absolute atomic E-state index is 0.182. The van der Waals surface area contributed by atoms with E-state index in [4.69, 9.17) is 10.5 Å². The first-order chi connectivity index (χ1) is 5.79. The second-order valence-corrected chi connectivity index (χ2v) is 2.91. The van der Waals surface area contributed by atoms with Crippen molar-refractivity contribution >= 4 is 0 Å². The average molecular weight is 161 g/mol. The van der Waals surface area contributed by atoms with Crippen LogP contribution in [0.2, 0.25) is 0 Å². The van der Waals surface area contributed by atoms with Gasteiger partial charge < -0.3 is 0 Å². The summed E-state index contributed by atoms with van der Waals surface area (Å²) in [5.74, 6) is 0. The minimum atomic E-state index is -0.182. The van der Waals surface area contributed by atoms with Gasteiger partial charge in [0.1, 0.15) is 6.04 Å². The maximum Gasteiger partial charge on any atom is 0.120 e. The Labute approximate surface area is 72.5 Å². The van der Waals surface area contributed by atoms with Crippen molar-refractivity contribution in [3.63, 3.8) is 0 Å². The first kappa shape index (κ1) is 8.77. The van der Waals surface area contributed by atoms with Gasteiger partial charge in [0, 0.05) is 6.54 Å². The predicted octanol–water partition coefficient (Wildman–Crippen LogP) is 1.05. The SMILES string of the molecule is CN1CCC=C(CC#N)C1C#N. The lowest BCUT2D eigenvalue weighted by Crippen LogP contribution is -2.35. The van der Waals surface area contributed by atoms with E-state index in [1.54, 1.807) is 0 Å². The molecule has 3 heteroatoms. The van der Waals surface area contributed by atoms with Crippen LogP contribution in [0.25, 0.3) is 0 Å². The van der Waals surface area contributed by atoms with Crippen LogP contribution in [0.15, 0.2) is 11.6 Å². The van der Waals surface area contributed by atoms with Crippen LogP contribution in [0.5, 0.6) is 0 Å². The van der Waals surface area contributed by atoms with E-state index in [1.807, 2.05) is 18.0 Å². The molecule has 0 spiro atoms. The summed E-state index contributed by atoms with van der Waals surface area (Å²) in [6, 6.07) is 4.09. The standard InChI is InChI=1S/C9H11N3/c1-12-6-2-3-8(4-5-10)9(12)7-11/h3,9H,2,4,6H2,1H3. The van der Waals surface area contributed by atoms with Crippen molar-refractivity contribution in [1.29, 1.82) is 10.5 Å². The van der Waals surface area contributed by atoms with Gasteiger partial charge in [0.25, 0.3) is 0 Å².